The molecule has 1 amide bonds. The zero-order chi connectivity index (χ0) is 20.5. The van der Waals surface area contributed by atoms with Gasteiger partial charge in [0, 0.05) is 24.7 Å². The average Bonchev–Trinajstić information content (AvgIpc) is 2.75. The highest BCUT2D eigenvalue weighted by Crippen LogP contribution is 2.29. The SMILES string of the molecule is COc1ccc(OC)c(NC(=O)CCNc2ccc(Oc3ccccc3)cc2)c1. The van der Waals surface area contributed by atoms with Gasteiger partial charge in [0.2, 0.25) is 5.91 Å². The highest BCUT2D eigenvalue weighted by Gasteiger charge is 2.09. The van der Waals surface area contributed by atoms with Crippen molar-refractivity contribution in [1.82, 2.24) is 0 Å². The molecule has 0 saturated carbocycles. The first-order chi connectivity index (χ1) is 14.2. The lowest BCUT2D eigenvalue weighted by molar-refractivity contribution is -0.116. The van der Waals surface area contributed by atoms with Crippen molar-refractivity contribution < 1.29 is 19.0 Å². The van der Waals surface area contributed by atoms with Crippen molar-refractivity contribution in [3.05, 3.63) is 72.8 Å². The van der Waals surface area contributed by atoms with Crippen LogP contribution in [-0.4, -0.2) is 26.7 Å². The molecule has 0 bridgehead atoms. The number of hydrogen-bond donors (Lipinski definition) is 2. The minimum atomic E-state index is -0.118. The van der Waals surface area contributed by atoms with Crippen molar-refractivity contribution in [3.8, 4) is 23.0 Å². The summed E-state index contributed by atoms with van der Waals surface area (Å²) in [6, 6.07) is 22.5. The van der Waals surface area contributed by atoms with Crippen LogP contribution in [0.2, 0.25) is 0 Å². The molecule has 0 unspecified atom stereocenters. The number of ether oxygens (including phenoxy) is 3. The molecule has 3 aromatic carbocycles. The number of methoxy groups -OCH3 is 2. The molecule has 6 heteroatoms. The van der Waals surface area contributed by atoms with Crippen molar-refractivity contribution in [2.45, 2.75) is 6.42 Å². The summed E-state index contributed by atoms with van der Waals surface area (Å²) in [6.45, 7) is 0.497. The van der Waals surface area contributed by atoms with Gasteiger partial charge in [-0.1, -0.05) is 18.2 Å². The Morgan fingerprint density at radius 2 is 1.52 bits per heavy atom. The molecular weight excluding hydrogens is 368 g/mol. The summed E-state index contributed by atoms with van der Waals surface area (Å²) in [5, 5.41) is 6.09. The van der Waals surface area contributed by atoms with E-state index in [4.69, 9.17) is 14.2 Å². The van der Waals surface area contributed by atoms with Gasteiger partial charge in [-0.05, 0) is 48.5 Å². The molecule has 2 N–H and O–H groups in total. The molecule has 0 radical (unpaired) electrons. The average molecular weight is 392 g/mol. The van der Waals surface area contributed by atoms with Gasteiger partial charge >= 0.3 is 0 Å². The Labute approximate surface area is 170 Å². The fourth-order valence-electron chi connectivity index (χ4n) is 2.71. The largest absolute Gasteiger partial charge is 0.497 e. The smallest absolute Gasteiger partial charge is 0.226 e. The fraction of sp³-hybridized carbons (Fsp3) is 0.174. The second-order valence-electron chi connectivity index (χ2n) is 6.23. The lowest BCUT2D eigenvalue weighted by Crippen LogP contribution is -2.16. The fourth-order valence-corrected chi connectivity index (χ4v) is 2.71. The van der Waals surface area contributed by atoms with E-state index < -0.39 is 0 Å². The van der Waals surface area contributed by atoms with Crippen LogP contribution in [0.25, 0.3) is 0 Å². The minimum Gasteiger partial charge on any atom is -0.497 e. The van der Waals surface area contributed by atoms with Gasteiger partial charge in [0.1, 0.15) is 23.0 Å². The van der Waals surface area contributed by atoms with Gasteiger partial charge in [0.05, 0.1) is 19.9 Å². The zero-order valence-corrected chi connectivity index (χ0v) is 16.5. The second kappa shape index (κ2) is 10.0. The van der Waals surface area contributed by atoms with E-state index in [1.54, 1.807) is 32.4 Å². The van der Waals surface area contributed by atoms with E-state index in [0.717, 1.165) is 17.2 Å². The van der Waals surface area contributed by atoms with Crippen LogP contribution in [0.1, 0.15) is 6.42 Å². The standard InChI is InChI=1S/C23H24N2O4/c1-27-20-12-13-22(28-2)21(16-20)25-23(26)14-15-24-17-8-10-19(11-9-17)29-18-6-4-3-5-7-18/h3-13,16,24H,14-15H2,1-2H3,(H,25,26). The Kier molecular flexibility index (Phi) is 6.95. The van der Waals surface area contributed by atoms with Gasteiger partial charge in [-0.25, -0.2) is 0 Å². The molecule has 0 aliphatic heterocycles. The number of carbonyl (C=O) groups excluding carboxylic acids is 1. The van der Waals surface area contributed by atoms with E-state index in [9.17, 15) is 4.79 Å². The maximum atomic E-state index is 12.3. The third-order valence-corrected chi connectivity index (χ3v) is 4.20. The number of benzene rings is 3. The van der Waals surface area contributed by atoms with E-state index in [2.05, 4.69) is 10.6 Å². The summed E-state index contributed by atoms with van der Waals surface area (Å²) in [5.74, 6) is 2.66. The molecule has 0 fully saturated rings. The van der Waals surface area contributed by atoms with Gasteiger partial charge < -0.3 is 24.8 Å². The molecule has 0 aliphatic carbocycles. The highest BCUT2D eigenvalue weighted by atomic mass is 16.5. The van der Waals surface area contributed by atoms with Crippen LogP contribution >= 0.6 is 0 Å². The number of hydrogen-bond acceptors (Lipinski definition) is 5. The summed E-state index contributed by atoms with van der Waals surface area (Å²) < 4.78 is 16.2. The van der Waals surface area contributed by atoms with Crippen LogP contribution in [0.4, 0.5) is 11.4 Å². The van der Waals surface area contributed by atoms with Crippen molar-refractivity contribution in [2.75, 3.05) is 31.4 Å². The number of anilines is 2. The molecule has 150 valence electrons. The van der Waals surface area contributed by atoms with Gasteiger partial charge in [-0.15, -0.1) is 0 Å². The third kappa shape index (κ3) is 5.90. The summed E-state index contributed by atoms with van der Waals surface area (Å²) in [4.78, 5) is 12.3. The van der Waals surface area contributed by atoms with E-state index >= 15 is 0 Å². The number of amides is 1. The molecule has 0 saturated heterocycles. The molecule has 6 nitrogen and oxygen atoms in total. The quantitative estimate of drug-likeness (QED) is 0.540. The van der Waals surface area contributed by atoms with Crippen molar-refractivity contribution >= 4 is 17.3 Å². The summed E-state index contributed by atoms with van der Waals surface area (Å²) in [7, 11) is 3.14. The Bertz CT molecular complexity index is 927. The molecule has 29 heavy (non-hydrogen) atoms. The third-order valence-electron chi connectivity index (χ3n) is 4.20. The molecule has 0 spiro atoms. The maximum absolute atomic E-state index is 12.3. The van der Waals surface area contributed by atoms with Crippen molar-refractivity contribution in [2.24, 2.45) is 0 Å². The normalized spacial score (nSPS) is 10.1. The molecule has 0 heterocycles. The molecular formula is C23H24N2O4. The maximum Gasteiger partial charge on any atom is 0.226 e. The number of para-hydroxylation sites is 1. The first-order valence-electron chi connectivity index (χ1n) is 9.26. The summed E-state index contributed by atoms with van der Waals surface area (Å²) in [6.07, 6.45) is 0.308. The van der Waals surface area contributed by atoms with Crippen LogP contribution in [0.3, 0.4) is 0 Å². The van der Waals surface area contributed by atoms with Gasteiger partial charge in [-0.2, -0.15) is 0 Å². The molecule has 3 aromatic rings. The van der Waals surface area contributed by atoms with Crippen molar-refractivity contribution in [3.63, 3.8) is 0 Å². The molecule has 0 aromatic heterocycles. The van der Waals surface area contributed by atoms with E-state index in [1.807, 2.05) is 54.6 Å². The predicted octanol–water partition coefficient (Wildman–Crippen LogP) is 4.94. The molecule has 0 aliphatic rings. The molecule has 0 atom stereocenters. The number of rotatable bonds is 9. The van der Waals surface area contributed by atoms with Crippen molar-refractivity contribution in [1.29, 1.82) is 0 Å². The lowest BCUT2D eigenvalue weighted by Gasteiger charge is -2.12. The summed E-state index contributed by atoms with van der Waals surface area (Å²) in [5.41, 5.74) is 1.50. The predicted molar refractivity (Wildman–Crippen MR) is 114 cm³/mol. The van der Waals surface area contributed by atoms with Crippen LogP contribution < -0.4 is 24.8 Å². The first kappa shape index (κ1) is 20.1. The van der Waals surface area contributed by atoms with Gasteiger partial charge in [-0.3, -0.25) is 4.79 Å². The number of carbonyl (C=O) groups is 1. The number of nitrogens with one attached hydrogen (secondary N) is 2. The lowest BCUT2D eigenvalue weighted by atomic mass is 10.2. The Balaban J connectivity index is 1.48. The van der Waals surface area contributed by atoms with Crippen LogP contribution in [0.5, 0.6) is 23.0 Å². The molecule has 3 rings (SSSR count). The first-order valence-corrected chi connectivity index (χ1v) is 9.26. The summed E-state index contributed by atoms with van der Waals surface area (Å²) >= 11 is 0. The van der Waals surface area contributed by atoms with E-state index in [-0.39, 0.29) is 5.91 Å². The van der Waals surface area contributed by atoms with Crippen LogP contribution in [-0.2, 0) is 4.79 Å². The Morgan fingerprint density at radius 1 is 0.828 bits per heavy atom. The van der Waals surface area contributed by atoms with Gasteiger partial charge in [0.15, 0.2) is 0 Å². The monoisotopic (exact) mass is 392 g/mol. The van der Waals surface area contributed by atoms with Crippen LogP contribution in [0, 0.1) is 0 Å². The Morgan fingerprint density at radius 3 is 2.21 bits per heavy atom. The zero-order valence-electron chi connectivity index (χ0n) is 16.5. The minimum absolute atomic E-state index is 0.118. The van der Waals surface area contributed by atoms with Crippen LogP contribution in [0.15, 0.2) is 72.8 Å². The topological polar surface area (TPSA) is 68.8 Å². The second-order valence-corrected chi connectivity index (χ2v) is 6.23. The Hall–Kier alpha value is -3.67. The van der Waals surface area contributed by atoms with E-state index in [0.29, 0.717) is 30.2 Å². The highest BCUT2D eigenvalue weighted by molar-refractivity contribution is 5.92. The van der Waals surface area contributed by atoms with E-state index in [1.165, 1.54) is 0 Å². The van der Waals surface area contributed by atoms with Gasteiger partial charge in [0.25, 0.3) is 0 Å².